The zero-order valence-corrected chi connectivity index (χ0v) is 12.8. The van der Waals surface area contributed by atoms with Gasteiger partial charge >= 0.3 is 0 Å². The fourth-order valence-corrected chi connectivity index (χ4v) is 2.06. The monoisotopic (exact) mass is 310 g/mol. The van der Waals surface area contributed by atoms with E-state index in [0.717, 1.165) is 11.1 Å². The van der Waals surface area contributed by atoms with E-state index in [1.54, 1.807) is 37.5 Å². The second-order valence-electron chi connectivity index (χ2n) is 4.90. The van der Waals surface area contributed by atoms with E-state index in [9.17, 15) is 9.59 Å². The molecule has 0 saturated heterocycles. The highest BCUT2D eigenvalue weighted by molar-refractivity contribution is 6.02. The summed E-state index contributed by atoms with van der Waals surface area (Å²) in [5.41, 5.74) is 7.41. The Hall–Kier alpha value is -3.08. The Bertz CT molecular complexity index is 721. The standard InChI is InChI=1S/C18H18N2O3/c1-23-16-5-3-2-4-14(16)8-11-18(22)20-15-9-6-13(7-10-15)12-17(19)21/h2-11H,12H2,1H3,(H2,19,21)(H,20,22)/b11-8+. The van der Waals surface area contributed by atoms with Crippen molar-refractivity contribution >= 4 is 23.6 Å². The van der Waals surface area contributed by atoms with E-state index in [2.05, 4.69) is 5.32 Å². The van der Waals surface area contributed by atoms with E-state index in [1.165, 1.54) is 6.08 Å². The molecule has 118 valence electrons. The zero-order chi connectivity index (χ0) is 16.7. The van der Waals surface area contributed by atoms with Crippen molar-refractivity contribution in [3.05, 3.63) is 65.7 Å². The van der Waals surface area contributed by atoms with E-state index >= 15 is 0 Å². The molecule has 0 aliphatic heterocycles. The smallest absolute Gasteiger partial charge is 0.248 e. The molecule has 0 heterocycles. The van der Waals surface area contributed by atoms with Gasteiger partial charge in [0, 0.05) is 17.3 Å². The van der Waals surface area contributed by atoms with Crippen LogP contribution in [0, 0.1) is 0 Å². The van der Waals surface area contributed by atoms with Crippen LogP contribution in [0.3, 0.4) is 0 Å². The molecule has 0 unspecified atom stereocenters. The number of nitrogens with one attached hydrogen (secondary N) is 1. The maximum absolute atomic E-state index is 11.9. The Morgan fingerprint density at radius 2 is 1.83 bits per heavy atom. The first-order valence-corrected chi connectivity index (χ1v) is 7.08. The topological polar surface area (TPSA) is 81.4 Å². The van der Waals surface area contributed by atoms with Gasteiger partial charge in [0.2, 0.25) is 11.8 Å². The first-order valence-electron chi connectivity index (χ1n) is 7.08. The van der Waals surface area contributed by atoms with Crippen molar-refractivity contribution in [3.63, 3.8) is 0 Å². The van der Waals surface area contributed by atoms with Gasteiger partial charge in [-0.3, -0.25) is 9.59 Å². The molecule has 0 fully saturated rings. The number of amides is 2. The van der Waals surface area contributed by atoms with Crippen LogP contribution in [0.2, 0.25) is 0 Å². The number of hydrogen-bond donors (Lipinski definition) is 2. The third kappa shape index (κ3) is 5.00. The van der Waals surface area contributed by atoms with Gasteiger partial charge in [-0.25, -0.2) is 0 Å². The first-order chi connectivity index (χ1) is 11.1. The quantitative estimate of drug-likeness (QED) is 0.804. The van der Waals surface area contributed by atoms with Gasteiger partial charge in [0.25, 0.3) is 0 Å². The molecule has 0 aliphatic carbocycles. The SMILES string of the molecule is COc1ccccc1/C=C/C(=O)Nc1ccc(CC(N)=O)cc1. The number of carbonyl (C=O) groups is 2. The molecule has 2 amide bonds. The lowest BCUT2D eigenvalue weighted by molar-refractivity contribution is -0.117. The average Bonchev–Trinajstić information content (AvgIpc) is 2.54. The molecule has 5 heteroatoms. The molecule has 0 saturated carbocycles. The Kier molecular flexibility index (Phi) is 5.52. The summed E-state index contributed by atoms with van der Waals surface area (Å²) < 4.78 is 5.22. The third-order valence-electron chi connectivity index (χ3n) is 3.15. The number of nitrogens with two attached hydrogens (primary N) is 1. The van der Waals surface area contributed by atoms with E-state index in [0.29, 0.717) is 11.4 Å². The zero-order valence-electron chi connectivity index (χ0n) is 12.8. The van der Waals surface area contributed by atoms with Crippen molar-refractivity contribution in [2.75, 3.05) is 12.4 Å². The van der Waals surface area contributed by atoms with E-state index in [1.807, 2.05) is 24.3 Å². The minimum absolute atomic E-state index is 0.182. The molecule has 2 aromatic carbocycles. The van der Waals surface area contributed by atoms with Crippen LogP contribution in [0.5, 0.6) is 5.75 Å². The van der Waals surface area contributed by atoms with Crippen molar-refractivity contribution in [2.24, 2.45) is 5.73 Å². The Labute approximate surface area is 134 Å². The largest absolute Gasteiger partial charge is 0.496 e. The molecule has 0 aliphatic rings. The van der Waals surface area contributed by atoms with Crippen molar-refractivity contribution < 1.29 is 14.3 Å². The molecule has 0 radical (unpaired) electrons. The van der Waals surface area contributed by atoms with Crippen LogP contribution in [-0.4, -0.2) is 18.9 Å². The molecule has 0 spiro atoms. The lowest BCUT2D eigenvalue weighted by Gasteiger charge is -2.05. The van der Waals surface area contributed by atoms with Crippen molar-refractivity contribution in [1.82, 2.24) is 0 Å². The molecule has 0 bridgehead atoms. The van der Waals surface area contributed by atoms with Crippen LogP contribution in [0.15, 0.2) is 54.6 Å². The molecule has 3 N–H and O–H groups in total. The van der Waals surface area contributed by atoms with E-state index in [-0.39, 0.29) is 18.2 Å². The van der Waals surface area contributed by atoms with E-state index in [4.69, 9.17) is 10.5 Å². The van der Waals surface area contributed by atoms with Crippen LogP contribution in [0.1, 0.15) is 11.1 Å². The summed E-state index contributed by atoms with van der Waals surface area (Å²) in [4.78, 5) is 22.8. The lowest BCUT2D eigenvalue weighted by Crippen LogP contribution is -2.13. The number of carbonyl (C=O) groups excluding carboxylic acids is 2. The average molecular weight is 310 g/mol. The fourth-order valence-electron chi connectivity index (χ4n) is 2.06. The van der Waals surface area contributed by atoms with Crippen molar-refractivity contribution in [2.45, 2.75) is 6.42 Å². The predicted molar refractivity (Wildman–Crippen MR) is 90.0 cm³/mol. The second kappa shape index (κ2) is 7.79. The lowest BCUT2D eigenvalue weighted by atomic mass is 10.1. The highest BCUT2D eigenvalue weighted by Gasteiger charge is 2.02. The van der Waals surface area contributed by atoms with Gasteiger partial charge in [-0.2, -0.15) is 0 Å². The van der Waals surface area contributed by atoms with Crippen LogP contribution >= 0.6 is 0 Å². The van der Waals surface area contributed by atoms with Crippen LogP contribution < -0.4 is 15.8 Å². The number of primary amides is 1. The number of para-hydroxylation sites is 1. The maximum Gasteiger partial charge on any atom is 0.248 e. The summed E-state index contributed by atoms with van der Waals surface area (Å²) in [6.07, 6.45) is 3.31. The number of methoxy groups -OCH3 is 1. The molecule has 23 heavy (non-hydrogen) atoms. The molecular formula is C18H18N2O3. The summed E-state index contributed by atoms with van der Waals surface area (Å²) in [5.74, 6) is 0.0624. The molecule has 2 rings (SSSR count). The number of rotatable bonds is 6. The van der Waals surface area contributed by atoms with Gasteiger partial charge in [-0.05, 0) is 29.8 Å². The number of hydrogen-bond acceptors (Lipinski definition) is 3. The number of ether oxygens (including phenoxy) is 1. The highest BCUT2D eigenvalue weighted by Crippen LogP contribution is 2.18. The second-order valence-corrected chi connectivity index (χ2v) is 4.90. The number of benzene rings is 2. The maximum atomic E-state index is 11.9. The van der Waals surface area contributed by atoms with Crippen molar-refractivity contribution in [3.8, 4) is 5.75 Å². The molecule has 0 atom stereocenters. The summed E-state index contributed by atoms with van der Waals surface area (Å²) in [7, 11) is 1.58. The normalized spacial score (nSPS) is 10.5. The molecular weight excluding hydrogens is 292 g/mol. The van der Waals surface area contributed by atoms with Gasteiger partial charge in [0.05, 0.1) is 13.5 Å². The fraction of sp³-hybridized carbons (Fsp3) is 0.111. The Morgan fingerprint density at radius 1 is 1.13 bits per heavy atom. The molecule has 2 aromatic rings. The summed E-state index contributed by atoms with van der Waals surface area (Å²) >= 11 is 0. The van der Waals surface area contributed by atoms with Gasteiger partial charge in [0.15, 0.2) is 0 Å². The van der Waals surface area contributed by atoms with Gasteiger partial charge < -0.3 is 15.8 Å². The summed E-state index contributed by atoms with van der Waals surface area (Å²) in [5, 5.41) is 2.75. The van der Waals surface area contributed by atoms with Crippen LogP contribution in [-0.2, 0) is 16.0 Å². The van der Waals surface area contributed by atoms with Crippen molar-refractivity contribution in [1.29, 1.82) is 0 Å². The Balaban J connectivity index is 1.99. The summed E-state index contributed by atoms with van der Waals surface area (Å²) in [6.45, 7) is 0. The van der Waals surface area contributed by atoms with Crippen LogP contribution in [0.25, 0.3) is 6.08 Å². The predicted octanol–water partition coefficient (Wildman–Crippen LogP) is 2.37. The van der Waals surface area contributed by atoms with Gasteiger partial charge in [-0.1, -0.05) is 30.3 Å². The first kappa shape index (κ1) is 16.3. The Morgan fingerprint density at radius 3 is 2.48 bits per heavy atom. The minimum Gasteiger partial charge on any atom is -0.496 e. The van der Waals surface area contributed by atoms with E-state index < -0.39 is 0 Å². The van der Waals surface area contributed by atoms with Gasteiger partial charge in [0.1, 0.15) is 5.75 Å². The summed E-state index contributed by atoms with van der Waals surface area (Å²) in [6, 6.07) is 14.4. The van der Waals surface area contributed by atoms with Gasteiger partial charge in [-0.15, -0.1) is 0 Å². The molecule has 0 aromatic heterocycles. The third-order valence-corrected chi connectivity index (χ3v) is 3.15. The minimum atomic E-state index is -0.387. The molecule has 5 nitrogen and oxygen atoms in total. The highest BCUT2D eigenvalue weighted by atomic mass is 16.5. The van der Waals surface area contributed by atoms with Crippen LogP contribution in [0.4, 0.5) is 5.69 Å². The number of anilines is 1.